The number of aromatic nitrogens is 1. The third-order valence-electron chi connectivity index (χ3n) is 3.92. The molecular weight excluding hydrogens is 306 g/mol. The van der Waals surface area contributed by atoms with E-state index in [9.17, 15) is 10.1 Å². The number of likely N-dealkylation sites (tertiary alicyclic amines) is 1. The van der Waals surface area contributed by atoms with Gasteiger partial charge in [-0.05, 0) is 43.7 Å². The quantitative estimate of drug-likeness (QED) is 0.466. The van der Waals surface area contributed by atoms with Crippen LogP contribution in [0.1, 0.15) is 25.2 Å². The van der Waals surface area contributed by atoms with Gasteiger partial charge in [0.2, 0.25) is 5.89 Å². The average Bonchev–Trinajstić information content (AvgIpc) is 3.09. The van der Waals surface area contributed by atoms with Crippen LogP contribution < -0.4 is 0 Å². The number of allylic oxidation sites excluding steroid dienone is 2. The highest BCUT2D eigenvalue weighted by Gasteiger charge is 2.08. The second-order valence-electron chi connectivity index (χ2n) is 5.66. The summed E-state index contributed by atoms with van der Waals surface area (Å²) in [6, 6.07) is 6.22. The van der Waals surface area contributed by atoms with Gasteiger partial charge in [-0.3, -0.25) is 10.1 Å². The first-order valence-electron chi connectivity index (χ1n) is 8.02. The van der Waals surface area contributed by atoms with Crippen molar-refractivity contribution in [3.63, 3.8) is 0 Å². The SMILES string of the molecule is O=[N+]([O-])c1ccc(-c2cnc(/C=C\C=C\N3CCCCC3)o2)cc1. The predicted molar refractivity (Wildman–Crippen MR) is 92.2 cm³/mol. The van der Waals surface area contributed by atoms with Gasteiger partial charge in [-0.15, -0.1) is 0 Å². The lowest BCUT2D eigenvalue weighted by Crippen LogP contribution is -2.23. The van der Waals surface area contributed by atoms with Gasteiger partial charge >= 0.3 is 0 Å². The molecule has 0 unspecified atom stereocenters. The molecule has 1 aromatic carbocycles. The van der Waals surface area contributed by atoms with Gasteiger partial charge in [0.25, 0.3) is 5.69 Å². The highest BCUT2D eigenvalue weighted by Crippen LogP contribution is 2.23. The molecule has 1 saturated heterocycles. The maximum atomic E-state index is 10.7. The molecule has 0 N–H and O–H groups in total. The summed E-state index contributed by atoms with van der Waals surface area (Å²) in [5.41, 5.74) is 0.817. The van der Waals surface area contributed by atoms with E-state index in [0.717, 1.165) is 18.7 Å². The summed E-state index contributed by atoms with van der Waals surface area (Å²) < 4.78 is 5.65. The second kappa shape index (κ2) is 7.59. The maximum Gasteiger partial charge on any atom is 0.269 e. The molecule has 0 amide bonds. The van der Waals surface area contributed by atoms with Gasteiger partial charge < -0.3 is 9.32 Å². The molecule has 6 heteroatoms. The Balaban J connectivity index is 1.61. The molecule has 24 heavy (non-hydrogen) atoms. The summed E-state index contributed by atoms with van der Waals surface area (Å²) in [5.74, 6) is 1.09. The van der Waals surface area contributed by atoms with E-state index in [-0.39, 0.29) is 5.69 Å². The monoisotopic (exact) mass is 325 g/mol. The molecule has 2 aromatic rings. The van der Waals surface area contributed by atoms with Crippen LogP contribution in [0.3, 0.4) is 0 Å². The van der Waals surface area contributed by atoms with E-state index >= 15 is 0 Å². The molecule has 1 aliphatic heterocycles. The Morgan fingerprint density at radius 2 is 1.88 bits per heavy atom. The van der Waals surface area contributed by atoms with E-state index < -0.39 is 4.92 Å². The summed E-state index contributed by atoms with van der Waals surface area (Å²) in [7, 11) is 0. The van der Waals surface area contributed by atoms with Gasteiger partial charge in [-0.1, -0.05) is 6.08 Å². The number of hydrogen-bond acceptors (Lipinski definition) is 5. The molecule has 6 nitrogen and oxygen atoms in total. The summed E-state index contributed by atoms with van der Waals surface area (Å²) in [6.45, 7) is 2.24. The number of hydrogen-bond donors (Lipinski definition) is 0. The topological polar surface area (TPSA) is 72.4 Å². The third-order valence-corrected chi connectivity index (χ3v) is 3.92. The minimum atomic E-state index is -0.424. The summed E-state index contributed by atoms with van der Waals surface area (Å²) >= 11 is 0. The fraction of sp³-hybridized carbons (Fsp3) is 0.278. The number of benzene rings is 1. The van der Waals surface area contributed by atoms with E-state index in [1.807, 2.05) is 12.2 Å². The van der Waals surface area contributed by atoms with Crippen LogP contribution in [0.25, 0.3) is 17.4 Å². The normalized spacial score (nSPS) is 15.4. The molecule has 3 rings (SSSR count). The molecule has 0 aliphatic carbocycles. The van der Waals surface area contributed by atoms with Crippen molar-refractivity contribution in [2.45, 2.75) is 19.3 Å². The van der Waals surface area contributed by atoms with E-state index in [1.165, 1.54) is 31.4 Å². The van der Waals surface area contributed by atoms with Crippen molar-refractivity contribution in [2.24, 2.45) is 0 Å². The fourth-order valence-corrected chi connectivity index (χ4v) is 2.62. The lowest BCUT2D eigenvalue weighted by atomic mass is 10.1. The van der Waals surface area contributed by atoms with Gasteiger partial charge in [0, 0.05) is 36.9 Å². The van der Waals surface area contributed by atoms with Gasteiger partial charge in [-0.2, -0.15) is 0 Å². The van der Waals surface area contributed by atoms with Gasteiger partial charge in [0.05, 0.1) is 11.1 Å². The summed E-state index contributed by atoms with van der Waals surface area (Å²) in [6.07, 6.45) is 13.2. The Labute approximate surface area is 140 Å². The first-order chi connectivity index (χ1) is 11.7. The van der Waals surface area contributed by atoms with Crippen molar-refractivity contribution in [1.82, 2.24) is 9.88 Å². The predicted octanol–water partition coefficient (Wildman–Crippen LogP) is 4.26. The summed E-state index contributed by atoms with van der Waals surface area (Å²) in [5, 5.41) is 10.7. The molecular formula is C18H19N3O3. The maximum absolute atomic E-state index is 10.7. The van der Waals surface area contributed by atoms with E-state index in [2.05, 4.69) is 16.1 Å². The van der Waals surface area contributed by atoms with Gasteiger partial charge in [0.15, 0.2) is 5.76 Å². The lowest BCUT2D eigenvalue weighted by Gasteiger charge is -2.24. The van der Waals surface area contributed by atoms with Crippen LogP contribution in [0.4, 0.5) is 5.69 Å². The Morgan fingerprint density at radius 3 is 2.58 bits per heavy atom. The van der Waals surface area contributed by atoms with E-state index in [1.54, 1.807) is 24.4 Å². The first-order valence-corrected chi connectivity index (χ1v) is 8.02. The number of nitro groups is 1. The Kier molecular flexibility index (Phi) is 5.05. The minimum absolute atomic E-state index is 0.0567. The highest BCUT2D eigenvalue weighted by molar-refractivity contribution is 5.59. The largest absolute Gasteiger partial charge is 0.437 e. The molecule has 2 heterocycles. The third kappa shape index (κ3) is 4.10. The Morgan fingerprint density at radius 1 is 1.12 bits per heavy atom. The zero-order chi connectivity index (χ0) is 16.8. The number of nitro benzene ring substituents is 1. The van der Waals surface area contributed by atoms with Crippen LogP contribution in [0.2, 0.25) is 0 Å². The lowest BCUT2D eigenvalue weighted by molar-refractivity contribution is -0.384. The zero-order valence-electron chi connectivity index (χ0n) is 13.3. The fourth-order valence-electron chi connectivity index (χ4n) is 2.62. The van der Waals surface area contributed by atoms with Crippen LogP contribution in [0.15, 0.2) is 53.2 Å². The number of non-ortho nitro benzene ring substituents is 1. The standard InChI is InChI=1S/C18H19N3O3/c22-21(23)16-9-7-15(8-10-16)17-14-19-18(24-17)6-2-5-13-20-11-3-1-4-12-20/h2,5-10,13-14H,1,3-4,11-12H2/b6-2-,13-5+. The number of oxazole rings is 1. The molecule has 0 atom stereocenters. The van der Waals surface area contributed by atoms with E-state index in [4.69, 9.17) is 4.42 Å². The van der Waals surface area contributed by atoms with Crippen molar-refractivity contribution in [3.8, 4) is 11.3 Å². The number of rotatable bonds is 5. The Bertz CT molecular complexity index is 741. The van der Waals surface area contributed by atoms with Gasteiger partial charge in [0.1, 0.15) is 0 Å². The molecule has 1 fully saturated rings. The van der Waals surface area contributed by atoms with E-state index in [0.29, 0.717) is 11.7 Å². The van der Waals surface area contributed by atoms with Gasteiger partial charge in [-0.25, -0.2) is 4.98 Å². The molecule has 0 spiro atoms. The van der Waals surface area contributed by atoms with Crippen LogP contribution in [0, 0.1) is 10.1 Å². The second-order valence-corrected chi connectivity index (χ2v) is 5.66. The molecule has 0 saturated carbocycles. The first kappa shape index (κ1) is 16.0. The van der Waals surface area contributed by atoms with Crippen LogP contribution >= 0.6 is 0 Å². The zero-order valence-corrected chi connectivity index (χ0v) is 13.3. The highest BCUT2D eigenvalue weighted by atomic mass is 16.6. The van der Waals surface area contributed by atoms with Crippen LogP contribution in [-0.4, -0.2) is 27.9 Å². The molecule has 1 aliphatic rings. The minimum Gasteiger partial charge on any atom is -0.437 e. The summed E-state index contributed by atoms with van der Waals surface area (Å²) in [4.78, 5) is 16.8. The molecule has 0 bridgehead atoms. The number of nitrogens with zero attached hydrogens (tertiary/aromatic N) is 3. The molecule has 1 aromatic heterocycles. The van der Waals surface area contributed by atoms with Crippen LogP contribution in [-0.2, 0) is 0 Å². The molecule has 124 valence electrons. The van der Waals surface area contributed by atoms with Crippen molar-refractivity contribution >= 4 is 11.8 Å². The average molecular weight is 325 g/mol. The van der Waals surface area contributed by atoms with Crippen molar-refractivity contribution in [3.05, 3.63) is 64.8 Å². The number of piperidine rings is 1. The molecule has 0 radical (unpaired) electrons. The van der Waals surface area contributed by atoms with Crippen molar-refractivity contribution in [1.29, 1.82) is 0 Å². The van der Waals surface area contributed by atoms with Crippen molar-refractivity contribution < 1.29 is 9.34 Å². The Hall–Kier alpha value is -2.89. The van der Waals surface area contributed by atoms with Crippen molar-refractivity contribution in [2.75, 3.05) is 13.1 Å². The smallest absolute Gasteiger partial charge is 0.269 e. The van der Waals surface area contributed by atoms with Crippen LogP contribution in [0.5, 0.6) is 0 Å².